The number of aromatic hydroxyl groups is 1. The number of allylic oxidation sites excluding steroid dienone is 1. The molecular formula is C22H27NO3. The molecule has 3 unspecified atom stereocenters. The van der Waals surface area contributed by atoms with Crippen LogP contribution in [0.5, 0.6) is 11.5 Å². The van der Waals surface area contributed by atoms with Gasteiger partial charge in [-0.1, -0.05) is 30.3 Å². The Kier molecular flexibility index (Phi) is 5.96. The van der Waals surface area contributed by atoms with Crippen LogP contribution in [0.25, 0.3) is 0 Å². The molecule has 2 aromatic carbocycles. The summed E-state index contributed by atoms with van der Waals surface area (Å²) in [5.74, 6) is 1.06. The van der Waals surface area contributed by atoms with Crippen molar-refractivity contribution in [2.24, 2.45) is 0 Å². The second kappa shape index (κ2) is 8.39. The topological polar surface area (TPSA) is 61.7 Å². The van der Waals surface area contributed by atoms with Crippen molar-refractivity contribution in [3.05, 3.63) is 71.8 Å². The van der Waals surface area contributed by atoms with E-state index in [-0.39, 0.29) is 6.04 Å². The first-order valence-corrected chi connectivity index (χ1v) is 9.17. The third-order valence-electron chi connectivity index (χ3n) is 4.85. The maximum Gasteiger partial charge on any atom is 0.176 e. The Bertz CT molecular complexity index is 757. The van der Waals surface area contributed by atoms with E-state index in [1.807, 2.05) is 42.5 Å². The number of hydrogen-bond acceptors (Lipinski definition) is 4. The molecule has 0 amide bonds. The number of ether oxygens (including phenoxy) is 1. The highest BCUT2D eigenvalue weighted by atomic mass is 16.5. The highest BCUT2D eigenvalue weighted by molar-refractivity contribution is 5.37. The van der Waals surface area contributed by atoms with E-state index in [0.29, 0.717) is 5.75 Å². The normalized spacial score (nSPS) is 18.6. The van der Waals surface area contributed by atoms with Crippen LogP contribution in [-0.4, -0.2) is 28.6 Å². The lowest BCUT2D eigenvalue weighted by Gasteiger charge is -2.32. The fraction of sp³-hybridized carbons (Fsp3) is 0.364. The molecule has 0 aromatic heterocycles. The lowest BCUT2D eigenvalue weighted by Crippen LogP contribution is -2.50. The minimum Gasteiger partial charge on any atom is -0.508 e. The second-order valence-corrected chi connectivity index (χ2v) is 6.94. The van der Waals surface area contributed by atoms with Crippen molar-refractivity contribution < 1.29 is 14.9 Å². The molecule has 0 fully saturated rings. The first-order chi connectivity index (χ1) is 12.6. The first kappa shape index (κ1) is 18.5. The lowest BCUT2D eigenvalue weighted by molar-refractivity contribution is 0.0175. The molecule has 1 aliphatic rings. The van der Waals surface area contributed by atoms with Crippen LogP contribution in [0.4, 0.5) is 0 Å². The van der Waals surface area contributed by atoms with Crippen molar-refractivity contribution in [3.8, 4) is 11.5 Å². The summed E-state index contributed by atoms with van der Waals surface area (Å²) in [6, 6.07) is 13.6. The molecule has 26 heavy (non-hydrogen) atoms. The monoisotopic (exact) mass is 353 g/mol. The molecular weight excluding hydrogens is 326 g/mol. The number of para-hydroxylation sites is 1. The van der Waals surface area contributed by atoms with Crippen LogP contribution < -0.4 is 10.1 Å². The fourth-order valence-corrected chi connectivity index (χ4v) is 3.47. The van der Waals surface area contributed by atoms with E-state index < -0.39 is 12.3 Å². The summed E-state index contributed by atoms with van der Waals surface area (Å²) >= 11 is 0. The van der Waals surface area contributed by atoms with Gasteiger partial charge in [0.2, 0.25) is 0 Å². The average molecular weight is 353 g/mol. The zero-order chi connectivity index (χ0) is 18.5. The van der Waals surface area contributed by atoms with Gasteiger partial charge in [0.1, 0.15) is 17.6 Å². The molecule has 0 saturated heterocycles. The van der Waals surface area contributed by atoms with Crippen molar-refractivity contribution >= 4 is 0 Å². The summed E-state index contributed by atoms with van der Waals surface area (Å²) in [5, 5.41) is 23.4. The molecule has 0 bridgehead atoms. The smallest absolute Gasteiger partial charge is 0.176 e. The number of fused-ring (bicyclic) bond motifs is 1. The van der Waals surface area contributed by atoms with Gasteiger partial charge in [0.15, 0.2) is 6.23 Å². The summed E-state index contributed by atoms with van der Waals surface area (Å²) in [6.07, 6.45) is 4.15. The predicted octanol–water partition coefficient (Wildman–Crippen LogP) is 3.35. The Morgan fingerprint density at radius 1 is 1.27 bits per heavy atom. The highest BCUT2D eigenvalue weighted by Gasteiger charge is 2.25. The van der Waals surface area contributed by atoms with Crippen molar-refractivity contribution in [1.82, 2.24) is 5.32 Å². The molecule has 138 valence electrons. The van der Waals surface area contributed by atoms with Gasteiger partial charge in [-0.05, 0) is 67.5 Å². The van der Waals surface area contributed by atoms with Crippen molar-refractivity contribution in [2.75, 3.05) is 0 Å². The van der Waals surface area contributed by atoms with E-state index in [0.717, 1.165) is 42.6 Å². The molecule has 0 aliphatic heterocycles. The molecule has 0 radical (unpaired) electrons. The molecule has 0 heterocycles. The summed E-state index contributed by atoms with van der Waals surface area (Å²) in [5.41, 5.74) is 3.49. The summed E-state index contributed by atoms with van der Waals surface area (Å²) < 4.78 is 6.12. The number of aliphatic hydroxyl groups is 1. The average Bonchev–Trinajstić information content (AvgIpc) is 2.62. The predicted molar refractivity (Wildman–Crippen MR) is 103 cm³/mol. The lowest BCUT2D eigenvalue weighted by atomic mass is 9.88. The summed E-state index contributed by atoms with van der Waals surface area (Å²) in [6.45, 7) is 5.52. The van der Waals surface area contributed by atoms with Crippen molar-refractivity contribution in [3.63, 3.8) is 0 Å². The Hall–Kier alpha value is -2.30. The minimum atomic E-state index is -0.655. The van der Waals surface area contributed by atoms with E-state index in [1.165, 1.54) is 5.56 Å². The van der Waals surface area contributed by atoms with Gasteiger partial charge in [0.05, 0.1) is 0 Å². The number of hydrogen-bond donors (Lipinski definition) is 3. The van der Waals surface area contributed by atoms with Crippen LogP contribution >= 0.6 is 0 Å². The van der Waals surface area contributed by atoms with E-state index >= 15 is 0 Å². The van der Waals surface area contributed by atoms with Crippen LogP contribution in [-0.2, 0) is 19.3 Å². The number of phenols is 1. The number of nitrogens with one attached hydrogen (secondary N) is 1. The summed E-state index contributed by atoms with van der Waals surface area (Å²) in [4.78, 5) is 0. The molecule has 3 N–H and O–H groups in total. The van der Waals surface area contributed by atoms with Crippen LogP contribution in [0.3, 0.4) is 0 Å². The van der Waals surface area contributed by atoms with Crippen LogP contribution in [0.15, 0.2) is 55.1 Å². The van der Waals surface area contributed by atoms with E-state index in [4.69, 9.17) is 4.74 Å². The van der Waals surface area contributed by atoms with E-state index in [9.17, 15) is 10.2 Å². The molecule has 0 spiro atoms. The Morgan fingerprint density at radius 2 is 2.08 bits per heavy atom. The third kappa shape index (κ3) is 4.45. The first-order valence-electron chi connectivity index (χ1n) is 9.17. The van der Waals surface area contributed by atoms with E-state index in [2.05, 4.69) is 11.9 Å². The van der Waals surface area contributed by atoms with Crippen LogP contribution in [0.2, 0.25) is 0 Å². The molecule has 2 aromatic rings. The van der Waals surface area contributed by atoms with Gasteiger partial charge >= 0.3 is 0 Å². The van der Waals surface area contributed by atoms with E-state index in [1.54, 1.807) is 13.0 Å². The molecule has 1 aliphatic carbocycles. The zero-order valence-corrected chi connectivity index (χ0v) is 15.2. The quantitative estimate of drug-likeness (QED) is 0.528. The van der Waals surface area contributed by atoms with Gasteiger partial charge in [-0.15, -0.1) is 6.58 Å². The molecule has 3 rings (SSSR count). The standard InChI is InChI=1S/C22H27NO3/c1-3-6-17-7-4-5-8-21(17)26-22(15(2)24)23-19-11-9-16-10-12-20(25)14-18(16)13-19/h3-5,7-8,10,12,14-15,19,22-25H,1,6,9,11,13H2,2H3. The van der Waals surface area contributed by atoms with Gasteiger partial charge in [0.25, 0.3) is 0 Å². The molecule has 4 heteroatoms. The minimum absolute atomic E-state index is 0.190. The third-order valence-corrected chi connectivity index (χ3v) is 4.85. The molecule has 3 atom stereocenters. The number of aryl methyl sites for hydroxylation is 1. The van der Waals surface area contributed by atoms with Crippen molar-refractivity contribution in [2.45, 2.75) is 51.0 Å². The summed E-state index contributed by atoms with van der Waals surface area (Å²) in [7, 11) is 0. The number of rotatable bonds is 7. The van der Waals surface area contributed by atoms with Gasteiger partial charge in [-0.2, -0.15) is 0 Å². The van der Waals surface area contributed by atoms with Gasteiger partial charge < -0.3 is 14.9 Å². The van der Waals surface area contributed by atoms with Crippen LogP contribution in [0.1, 0.15) is 30.0 Å². The molecule has 0 saturated carbocycles. The maximum absolute atomic E-state index is 10.2. The highest BCUT2D eigenvalue weighted by Crippen LogP contribution is 2.26. The number of benzene rings is 2. The molecule has 4 nitrogen and oxygen atoms in total. The number of phenolic OH excluding ortho intramolecular Hbond substituents is 1. The maximum atomic E-state index is 10.2. The number of aliphatic hydroxyl groups excluding tert-OH is 1. The van der Waals surface area contributed by atoms with Crippen LogP contribution in [0, 0.1) is 0 Å². The SMILES string of the molecule is C=CCc1ccccc1OC(NC1CCc2ccc(O)cc2C1)C(C)O. The van der Waals surface area contributed by atoms with Gasteiger partial charge in [0, 0.05) is 6.04 Å². The Labute approximate surface area is 155 Å². The van der Waals surface area contributed by atoms with Gasteiger partial charge in [-0.25, -0.2) is 0 Å². The fourth-order valence-electron chi connectivity index (χ4n) is 3.47. The Balaban J connectivity index is 1.71. The van der Waals surface area contributed by atoms with Crippen molar-refractivity contribution in [1.29, 1.82) is 0 Å². The largest absolute Gasteiger partial charge is 0.508 e. The Morgan fingerprint density at radius 3 is 2.85 bits per heavy atom. The van der Waals surface area contributed by atoms with Gasteiger partial charge in [-0.3, -0.25) is 5.32 Å². The second-order valence-electron chi connectivity index (χ2n) is 6.94. The zero-order valence-electron chi connectivity index (χ0n) is 15.2.